The molecule has 1 atom stereocenters. The van der Waals surface area contributed by atoms with E-state index in [1.54, 1.807) is 25.2 Å². The maximum Gasteiger partial charge on any atom is 0.257 e. The molecular weight excluding hydrogens is 478 g/mol. The molecule has 0 radical (unpaired) electrons. The average Bonchev–Trinajstić information content (AvgIpc) is 3.36. The Morgan fingerprint density at radius 1 is 1.14 bits per heavy atom. The van der Waals surface area contributed by atoms with Crippen molar-refractivity contribution < 1.29 is 13.2 Å². The summed E-state index contributed by atoms with van der Waals surface area (Å²) in [7, 11) is -2.03. The Balaban J connectivity index is 1.46. The number of hydrogen-bond donors (Lipinski definition) is 1. The fourth-order valence-corrected chi connectivity index (χ4v) is 6.63. The van der Waals surface area contributed by atoms with Crippen LogP contribution in [0.25, 0.3) is 11.3 Å². The van der Waals surface area contributed by atoms with Crippen LogP contribution < -0.4 is 5.32 Å². The lowest BCUT2D eigenvalue weighted by molar-refractivity contribution is 0.102. The minimum Gasteiger partial charge on any atom is -0.298 e. The Kier molecular flexibility index (Phi) is 8.04. The van der Waals surface area contributed by atoms with Crippen molar-refractivity contribution in [2.45, 2.75) is 69.2 Å². The Morgan fingerprint density at radius 3 is 2.54 bits per heavy atom. The standard InChI is InChI=1S/C27H33N3O3S2/c1-4-19(2)20-13-15-21(16-14-20)25-18-34-27(28-25)29-26(31)22-9-8-12-24(17-22)35(32,33)30(3)23-10-6-5-7-11-23/h8-9,12-19,23H,4-7,10-11H2,1-3H3,(H,28,29,31)/t19-/m1/s1. The zero-order chi connectivity index (χ0) is 25.0. The fraction of sp³-hybridized carbons (Fsp3) is 0.407. The predicted octanol–water partition coefficient (Wildman–Crippen LogP) is 6.53. The molecule has 1 N–H and O–H groups in total. The first-order valence-corrected chi connectivity index (χ1v) is 14.6. The normalized spacial score (nSPS) is 15.8. The Morgan fingerprint density at radius 2 is 1.86 bits per heavy atom. The Bertz CT molecular complexity index is 1260. The van der Waals surface area contributed by atoms with Crippen molar-refractivity contribution in [3.05, 3.63) is 65.0 Å². The number of thiazole rings is 1. The van der Waals surface area contributed by atoms with E-state index in [2.05, 4.69) is 48.4 Å². The van der Waals surface area contributed by atoms with E-state index >= 15 is 0 Å². The Labute approximate surface area is 212 Å². The van der Waals surface area contributed by atoms with Gasteiger partial charge in [-0.05, 0) is 48.9 Å². The van der Waals surface area contributed by atoms with Gasteiger partial charge in [0.25, 0.3) is 5.91 Å². The molecule has 6 nitrogen and oxygen atoms in total. The summed E-state index contributed by atoms with van der Waals surface area (Å²) in [6.07, 6.45) is 6.09. The van der Waals surface area contributed by atoms with Gasteiger partial charge in [-0.25, -0.2) is 13.4 Å². The third-order valence-electron chi connectivity index (χ3n) is 6.97. The van der Waals surface area contributed by atoms with E-state index in [0.29, 0.717) is 11.0 Å². The van der Waals surface area contributed by atoms with E-state index < -0.39 is 10.0 Å². The molecule has 0 saturated heterocycles. The van der Waals surface area contributed by atoms with Crippen molar-refractivity contribution in [3.8, 4) is 11.3 Å². The first kappa shape index (κ1) is 25.5. The summed E-state index contributed by atoms with van der Waals surface area (Å²) >= 11 is 1.35. The molecule has 0 aliphatic heterocycles. The number of amides is 1. The van der Waals surface area contributed by atoms with Crippen molar-refractivity contribution in [2.75, 3.05) is 12.4 Å². The minimum atomic E-state index is -3.67. The number of carbonyl (C=O) groups is 1. The van der Waals surface area contributed by atoms with E-state index in [-0.39, 0.29) is 22.4 Å². The van der Waals surface area contributed by atoms with Gasteiger partial charge in [0.05, 0.1) is 10.6 Å². The summed E-state index contributed by atoms with van der Waals surface area (Å²) < 4.78 is 27.9. The summed E-state index contributed by atoms with van der Waals surface area (Å²) in [5.41, 5.74) is 3.38. The average molecular weight is 512 g/mol. The molecule has 1 amide bonds. The van der Waals surface area contributed by atoms with Crippen LogP contribution in [-0.2, 0) is 10.0 Å². The second-order valence-electron chi connectivity index (χ2n) is 9.26. The van der Waals surface area contributed by atoms with Crippen LogP contribution in [0.1, 0.15) is 74.2 Å². The molecule has 3 aromatic rings. The molecule has 0 unspecified atom stereocenters. The number of hydrogen-bond acceptors (Lipinski definition) is 5. The van der Waals surface area contributed by atoms with Crippen LogP contribution >= 0.6 is 11.3 Å². The first-order valence-electron chi connectivity index (χ1n) is 12.2. The Hall–Kier alpha value is -2.55. The first-order chi connectivity index (χ1) is 16.8. The summed E-state index contributed by atoms with van der Waals surface area (Å²) in [4.78, 5) is 17.6. The van der Waals surface area contributed by atoms with Crippen molar-refractivity contribution in [3.63, 3.8) is 0 Å². The van der Waals surface area contributed by atoms with E-state index in [1.807, 2.05) is 5.38 Å². The number of anilines is 1. The van der Waals surface area contributed by atoms with E-state index in [9.17, 15) is 13.2 Å². The fourth-order valence-electron chi connectivity index (χ4n) is 4.46. The molecule has 1 fully saturated rings. The van der Waals surface area contributed by atoms with E-state index in [0.717, 1.165) is 49.8 Å². The largest absolute Gasteiger partial charge is 0.298 e. The van der Waals surface area contributed by atoms with Crippen molar-refractivity contribution in [1.82, 2.24) is 9.29 Å². The van der Waals surface area contributed by atoms with Gasteiger partial charge in [-0.15, -0.1) is 11.3 Å². The molecule has 4 rings (SSSR count). The second-order valence-corrected chi connectivity index (χ2v) is 12.1. The van der Waals surface area contributed by atoms with Gasteiger partial charge in [0.2, 0.25) is 10.0 Å². The highest BCUT2D eigenvalue weighted by Gasteiger charge is 2.29. The highest BCUT2D eigenvalue weighted by atomic mass is 32.2. The smallest absolute Gasteiger partial charge is 0.257 e. The second kappa shape index (κ2) is 11.0. The van der Waals surface area contributed by atoms with Gasteiger partial charge >= 0.3 is 0 Å². The molecule has 1 aliphatic carbocycles. The lowest BCUT2D eigenvalue weighted by atomic mass is 9.96. The van der Waals surface area contributed by atoms with Crippen molar-refractivity contribution in [1.29, 1.82) is 0 Å². The summed E-state index contributed by atoms with van der Waals surface area (Å²) in [5.74, 6) is 0.131. The quantitative estimate of drug-likeness (QED) is 0.373. The van der Waals surface area contributed by atoms with Crippen LogP contribution in [0, 0.1) is 0 Å². The molecule has 2 aromatic carbocycles. The molecule has 0 bridgehead atoms. The lowest BCUT2D eigenvalue weighted by Gasteiger charge is -2.30. The topological polar surface area (TPSA) is 79.4 Å². The zero-order valence-electron chi connectivity index (χ0n) is 20.5. The van der Waals surface area contributed by atoms with Crippen LogP contribution in [0.2, 0.25) is 0 Å². The summed E-state index contributed by atoms with van der Waals surface area (Å²) in [5, 5.41) is 5.20. The van der Waals surface area contributed by atoms with Crippen molar-refractivity contribution >= 4 is 32.4 Å². The number of aromatic nitrogens is 1. The van der Waals surface area contributed by atoms with Crippen LogP contribution in [0.5, 0.6) is 0 Å². The summed E-state index contributed by atoms with van der Waals surface area (Å²) in [6, 6.07) is 14.6. The summed E-state index contributed by atoms with van der Waals surface area (Å²) in [6.45, 7) is 4.38. The van der Waals surface area contributed by atoms with Gasteiger partial charge in [0.1, 0.15) is 0 Å². The van der Waals surface area contributed by atoms with Crippen LogP contribution in [0.15, 0.2) is 58.8 Å². The SMILES string of the molecule is CC[C@@H](C)c1ccc(-c2csc(NC(=O)c3cccc(S(=O)(=O)N(C)C4CCCCC4)c3)n2)cc1. The zero-order valence-corrected chi connectivity index (χ0v) is 22.2. The van der Waals surface area contributed by atoms with Crippen LogP contribution in [0.4, 0.5) is 5.13 Å². The number of nitrogens with zero attached hydrogens (tertiary/aromatic N) is 2. The molecular formula is C27H33N3O3S2. The molecule has 0 spiro atoms. The van der Waals surface area contributed by atoms with Gasteiger partial charge in [-0.2, -0.15) is 4.31 Å². The third kappa shape index (κ3) is 5.82. The molecule has 1 aromatic heterocycles. The van der Waals surface area contributed by atoms with E-state index in [1.165, 1.54) is 27.3 Å². The number of carbonyl (C=O) groups excluding carboxylic acids is 1. The van der Waals surface area contributed by atoms with Gasteiger partial charge in [0, 0.05) is 29.6 Å². The molecule has 1 saturated carbocycles. The number of benzene rings is 2. The maximum absolute atomic E-state index is 13.2. The van der Waals surface area contributed by atoms with Crippen LogP contribution in [-0.4, -0.2) is 36.7 Å². The monoisotopic (exact) mass is 511 g/mol. The third-order valence-corrected chi connectivity index (χ3v) is 9.64. The van der Waals surface area contributed by atoms with Crippen LogP contribution in [0.3, 0.4) is 0 Å². The van der Waals surface area contributed by atoms with E-state index in [4.69, 9.17) is 0 Å². The number of sulfonamides is 1. The number of rotatable bonds is 8. The number of nitrogens with one attached hydrogen (secondary N) is 1. The van der Waals surface area contributed by atoms with Gasteiger partial charge in [-0.3, -0.25) is 10.1 Å². The lowest BCUT2D eigenvalue weighted by Crippen LogP contribution is -2.38. The molecule has 1 aliphatic rings. The molecule has 1 heterocycles. The van der Waals surface area contributed by atoms with Crippen molar-refractivity contribution in [2.24, 2.45) is 0 Å². The highest BCUT2D eigenvalue weighted by Crippen LogP contribution is 2.29. The van der Waals surface area contributed by atoms with Gasteiger partial charge in [-0.1, -0.05) is 63.4 Å². The minimum absolute atomic E-state index is 0.0132. The van der Waals surface area contributed by atoms with Gasteiger partial charge < -0.3 is 0 Å². The molecule has 8 heteroatoms. The molecule has 186 valence electrons. The highest BCUT2D eigenvalue weighted by molar-refractivity contribution is 7.89. The predicted molar refractivity (Wildman–Crippen MR) is 142 cm³/mol. The molecule has 35 heavy (non-hydrogen) atoms. The van der Waals surface area contributed by atoms with Gasteiger partial charge in [0.15, 0.2) is 5.13 Å². The maximum atomic E-state index is 13.2.